The normalized spacial score (nSPS) is 10.2. The molecule has 98 valence electrons. The third-order valence-corrected chi connectivity index (χ3v) is 2.38. The predicted molar refractivity (Wildman–Crippen MR) is 66.3 cm³/mol. The molecule has 0 unspecified atom stereocenters. The van der Waals surface area contributed by atoms with Crippen molar-refractivity contribution in [1.82, 2.24) is 14.5 Å². The summed E-state index contributed by atoms with van der Waals surface area (Å²) in [4.78, 5) is 28.9. The molecular weight excluding hydrogens is 252 g/mol. The number of nitro groups is 1. The van der Waals surface area contributed by atoms with Gasteiger partial charge in [0.05, 0.1) is 17.7 Å². The molecule has 9 nitrogen and oxygen atoms in total. The van der Waals surface area contributed by atoms with Crippen molar-refractivity contribution in [3.63, 3.8) is 0 Å². The van der Waals surface area contributed by atoms with Gasteiger partial charge in [0, 0.05) is 6.20 Å². The van der Waals surface area contributed by atoms with Crippen LogP contribution in [0.1, 0.15) is 5.56 Å². The Hall–Kier alpha value is -2.81. The summed E-state index contributed by atoms with van der Waals surface area (Å²) >= 11 is 0. The van der Waals surface area contributed by atoms with Crippen molar-refractivity contribution in [2.45, 2.75) is 6.54 Å². The molecule has 0 radical (unpaired) electrons. The van der Waals surface area contributed by atoms with Gasteiger partial charge in [-0.1, -0.05) is 0 Å². The van der Waals surface area contributed by atoms with Crippen LogP contribution in [0.4, 0.5) is 11.5 Å². The second-order valence-corrected chi connectivity index (χ2v) is 3.67. The van der Waals surface area contributed by atoms with Gasteiger partial charge in [-0.15, -0.1) is 0 Å². The Morgan fingerprint density at radius 2 is 2.26 bits per heavy atom. The molecular formula is C10H10N6O3. The van der Waals surface area contributed by atoms with Crippen LogP contribution in [0.5, 0.6) is 0 Å². The lowest BCUT2D eigenvalue weighted by molar-refractivity contribution is -0.385. The van der Waals surface area contributed by atoms with E-state index in [1.807, 2.05) is 0 Å². The SMILES string of the molecule is NNc1cc(Cn2cc([N+](=O)[O-])cnc2=O)ccn1. The maximum atomic E-state index is 11.5. The molecule has 2 rings (SSSR count). The number of hydrogen-bond acceptors (Lipinski definition) is 7. The molecule has 2 aromatic heterocycles. The van der Waals surface area contributed by atoms with E-state index in [0.717, 1.165) is 17.0 Å². The van der Waals surface area contributed by atoms with Gasteiger partial charge in [0.1, 0.15) is 12.0 Å². The number of hydrazine groups is 1. The molecule has 0 aliphatic carbocycles. The fourth-order valence-corrected chi connectivity index (χ4v) is 1.50. The van der Waals surface area contributed by atoms with Crippen LogP contribution in [-0.2, 0) is 6.54 Å². The van der Waals surface area contributed by atoms with Gasteiger partial charge >= 0.3 is 11.4 Å². The maximum Gasteiger partial charge on any atom is 0.348 e. The van der Waals surface area contributed by atoms with Crippen LogP contribution in [0.2, 0.25) is 0 Å². The molecule has 0 saturated heterocycles. The van der Waals surface area contributed by atoms with Crippen molar-refractivity contribution in [2.24, 2.45) is 5.84 Å². The summed E-state index contributed by atoms with van der Waals surface area (Å²) in [5.74, 6) is 5.66. The Morgan fingerprint density at radius 3 is 2.95 bits per heavy atom. The third-order valence-electron chi connectivity index (χ3n) is 2.38. The minimum atomic E-state index is -0.609. The molecule has 2 aromatic rings. The van der Waals surface area contributed by atoms with Crippen LogP contribution in [0.15, 0.2) is 35.5 Å². The zero-order chi connectivity index (χ0) is 13.8. The summed E-state index contributed by atoms with van der Waals surface area (Å²) in [7, 11) is 0. The first-order valence-corrected chi connectivity index (χ1v) is 5.22. The highest BCUT2D eigenvalue weighted by atomic mass is 16.6. The van der Waals surface area contributed by atoms with Crippen LogP contribution >= 0.6 is 0 Å². The summed E-state index contributed by atoms with van der Waals surface area (Å²) in [6.07, 6.45) is 3.59. The number of nitrogens with zero attached hydrogens (tertiary/aromatic N) is 4. The molecule has 0 aliphatic heterocycles. The second kappa shape index (κ2) is 5.23. The van der Waals surface area contributed by atoms with Gasteiger partial charge in [0.15, 0.2) is 0 Å². The molecule has 3 N–H and O–H groups in total. The van der Waals surface area contributed by atoms with Crippen LogP contribution < -0.4 is 17.0 Å². The molecule has 0 aromatic carbocycles. The zero-order valence-electron chi connectivity index (χ0n) is 9.68. The van der Waals surface area contributed by atoms with Crippen LogP contribution in [0.25, 0.3) is 0 Å². The molecule has 0 fully saturated rings. The molecule has 0 spiro atoms. The standard InChI is InChI=1S/C10H10N6O3/c11-14-9-3-7(1-2-12-9)5-15-6-8(16(18)19)4-13-10(15)17/h1-4,6H,5,11H2,(H,12,14). The van der Waals surface area contributed by atoms with E-state index in [-0.39, 0.29) is 12.2 Å². The highest BCUT2D eigenvalue weighted by Gasteiger charge is 2.09. The molecule has 0 bridgehead atoms. The van der Waals surface area contributed by atoms with Crippen LogP contribution in [0, 0.1) is 10.1 Å². The molecule has 0 saturated carbocycles. The number of rotatable bonds is 4. The first-order valence-electron chi connectivity index (χ1n) is 5.22. The Balaban J connectivity index is 2.34. The van der Waals surface area contributed by atoms with Crippen LogP contribution in [-0.4, -0.2) is 19.5 Å². The average molecular weight is 262 g/mol. The van der Waals surface area contributed by atoms with Gasteiger partial charge in [0.25, 0.3) is 0 Å². The molecule has 0 amide bonds. The summed E-state index contributed by atoms with van der Waals surface area (Å²) in [5.41, 5.74) is 2.28. The molecule has 2 heterocycles. The highest BCUT2D eigenvalue weighted by Crippen LogP contribution is 2.09. The quantitative estimate of drug-likeness (QED) is 0.446. The largest absolute Gasteiger partial charge is 0.348 e. The number of nitrogens with one attached hydrogen (secondary N) is 1. The lowest BCUT2D eigenvalue weighted by Gasteiger charge is -2.06. The van der Waals surface area contributed by atoms with Crippen molar-refractivity contribution in [2.75, 3.05) is 5.43 Å². The van der Waals surface area contributed by atoms with E-state index >= 15 is 0 Å². The number of hydrogen-bond donors (Lipinski definition) is 2. The molecule has 9 heteroatoms. The van der Waals surface area contributed by atoms with E-state index in [1.165, 1.54) is 6.20 Å². The minimum absolute atomic E-state index is 0.144. The van der Waals surface area contributed by atoms with Gasteiger partial charge in [0.2, 0.25) is 0 Å². The Kier molecular flexibility index (Phi) is 3.48. The molecule has 19 heavy (non-hydrogen) atoms. The first kappa shape index (κ1) is 12.6. The van der Waals surface area contributed by atoms with E-state index < -0.39 is 10.6 Å². The average Bonchev–Trinajstić information content (AvgIpc) is 2.41. The Bertz CT molecular complexity index is 668. The predicted octanol–water partition coefficient (Wildman–Crippen LogP) is -0.120. The van der Waals surface area contributed by atoms with Crippen molar-refractivity contribution in [1.29, 1.82) is 0 Å². The smallest absolute Gasteiger partial charge is 0.308 e. The lowest BCUT2D eigenvalue weighted by atomic mass is 10.2. The van der Waals surface area contributed by atoms with Crippen LogP contribution in [0.3, 0.4) is 0 Å². The van der Waals surface area contributed by atoms with Crippen molar-refractivity contribution < 1.29 is 4.92 Å². The summed E-state index contributed by atoms with van der Waals surface area (Å²) < 4.78 is 1.15. The number of nitrogens with two attached hydrogens (primary N) is 1. The monoisotopic (exact) mass is 262 g/mol. The molecule has 0 atom stereocenters. The Morgan fingerprint density at radius 1 is 1.47 bits per heavy atom. The number of aromatic nitrogens is 3. The van der Waals surface area contributed by atoms with Crippen molar-refractivity contribution in [3.8, 4) is 0 Å². The lowest BCUT2D eigenvalue weighted by Crippen LogP contribution is -2.23. The number of anilines is 1. The second-order valence-electron chi connectivity index (χ2n) is 3.67. The van der Waals surface area contributed by atoms with Crippen molar-refractivity contribution in [3.05, 3.63) is 56.9 Å². The van der Waals surface area contributed by atoms with Gasteiger partial charge < -0.3 is 5.43 Å². The number of nitrogen functional groups attached to an aromatic ring is 1. The van der Waals surface area contributed by atoms with E-state index in [0.29, 0.717) is 11.4 Å². The maximum absolute atomic E-state index is 11.5. The molecule has 0 aliphatic rings. The summed E-state index contributed by atoms with van der Waals surface area (Å²) in [5, 5.41) is 10.6. The van der Waals surface area contributed by atoms with Crippen molar-refractivity contribution >= 4 is 11.5 Å². The summed E-state index contributed by atoms with van der Waals surface area (Å²) in [6, 6.07) is 3.30. The van der Waals surface area contributed by atoms with E-state index in [9.17, 15) is 14.9 Å². The van der Waals surface area contributed by atoms with Gasteiger partial charge in [-0.3, -0.25) is 14.7 Å². The van der Waals surface area contributed by atoms with E-state index in [1.54, 1.807) is 12.1 Å². The minimum Gasteiger partial charge on any atom is -0.308 e. The highest BCUT2D eigenvalue weighted by molar-refractivity contribution is 5.36. The fraction of sp³-hybridized carbons (Fsp3) is 0.100. The van der Waals surface area contributed by atoms with Gasteiger partial charge in [-0.25, -0.2) is 15.6 Å². The van der Waals surface area contributed by atoms with E-state index in [2.05, 4.69) is 15.4 Å². The zero-order valence-corrected chi connectivity index (χ0v) is 9.68. The third kappa shape index (κ3) is 2.90. The first-order chi connectivity index (χ1) is 9.10. The van der Waals surface area contributed by atoms with Gasteiger partial charge in [-0.2, -0.15) is 4.98 Å². The number of pyridine rings is 1. The topological polar surface area (TPSA) is 129 Å². The fourth-order valence-electron chi connectivity index (χ4n) is 1.50. The Labute approximate surface area is 106 Å². The van der Waals surface area contributed by atoms with Gasteiger partial charge in [-0.05, 0) is 17.7 Å². The van der Waals surface area contributed by atoms with E-state index in [4.69, 9.17) is 5.84 Å². The summed E-state index contributed by atoms with van der Waals surface area (Å²) in [6.45, 7) is 0.144.